The molecule has 2 N–H and O–H groups in total. The van der Waals surface area contributed by atoms with E-state index in [4.69, 9.17) is 5.73 Å². The summed E-state index contributed by atoms with van der Waals surface area (Å²) in [7, 11) is 0. The first-order valence-electron chi connectivity index (χ1n) is 6.66. The van der Waals surface area contributed by atoms with Crippen molar-refractivity contribution in [2.75, 3.05) is 5.73 Å². The monoisotopic (exact) mass is 268 g/mol. The molecule has 3 rings (SSSR count). The Morgan fingerprint density at radius 1 is 1.30 bits per heavy atom. The lowest BCUT2D eigenvalue weighted by Crippen LogP contribution is -2.33. The van der Waals surface area contributed by atoms with Crippen LogP contribution in [0.2, 0.25) is 0 Å². The van der Waals surface area contributed by atoms with Gasteiger partial charge >= 0.3 is 0 Å². The summed E-state index contributed by atoms with van der Waals surface area (Å²) in [6.07, 6.45) is 4.94. The van der Waals surface area contributed by atoms with Crippen LogP contribution < -0.4 is 5.73 Å². The number of nitrogen functional groups attached to an aromatic ring is 1. The molecule has 1 aromatic carbocycles. The Balaban J connectivity index is 1.84. The van der Waals surface area contributed by atoms with Crippen molar-refractivity contribution in [2.24, 2.45) is 0 Å². The second-order valence-corrected chi connectivity index (χ2v) is 4.97. The van der Waals surface area contributed by atoms with Crippen LogP contribution in [0.4, 0.5) is 5.82 Å². The maximum atomic E-state index is 12.6. The molecule has 0 atom stereocenters. The molecule has 1 aliphatic rings. The number of benzene rings is 1. The second kappa shape index (κ2) is 5.28. The van der Waals surface area contributed by atoms with Crippen molar-refractivity contribution < 1.29 is 4.79 Å². The van der Waals surface area contributed by atoms with E-state index in [0.717, 1.165) is 18.4 Å². The van der Waals surface area contributed by atoms with E-state index >= 15 is 0 Å². The van der Waals surface area contributed by atoms with Gasteiger partial charge in [0.25, 0.3) is 5.91 Å². The first kappa shape index (κ1) is 12.6. The number of nitrogens with two attached hydrogens (primary N) is 1. The third-order valence-electron chi connectivity index (χ3n) is 3.42. The van der Waals surface area contributed by atoms with Crippen molar-refractivity contribution in [1.29, 1.82) is 0 Å². The third kappa shape index (κ3) is 2.61. The zero-order valence-corrected chi connectivity index (χ0v) is 11.1. The van der Waals surface area contributed by atoms with Crippen LogP contribution in [0.1, 0.15) is 28.8 Å². The number of amides is 1. The summed E-state index contributed by atoms with van der Waals surface area (Å²) in [5.41, 5.74) is 7.27. The molecule has 1 heterocycles. The minimum Gasteiger partial charge on any atom is -0.383 e. The molecule has 0 saturated heterocycles. The van der Waals surface area contributed by atoms with Crippen LogP contribution in [-0.4, -0.2) is 26.8 Å². The predicted octanol–water partition coefficient (Wildman–Crippen LogP) is 1.86. The Kier molecular flexibility index (Phi) is 3.33. The van der Waals surface area contributed by atoms with Crippen LogP contribution in [0.15, 0.2) is 42.9 Å². The fraction of sp³-hybridized carbons (Fsp3) is 0.267. The van der Waals surface area contributed by atoms with E-state index in [-0.39, 0.29) is 11.7 Å². The molecule has 2 aromatic rings. The lowest BCUT2D eigenvalue weighted by atomic mass is 10.2. The molecule has 1 aliphatic carbocycles. The molecule has 0 aliphatic heterocycles. The zero-order chi connectivity index (χ0) is 13.9. The van der Waals surface area contributed by atoms with Crippen molar-refractivity contribution in [2.45, 2.75) is 25.4 Å². The van der Waals surface area contributed by atoms with Crippen LogP contribution in [0.3, 0.4) is 0 Å². The summed E-state index contributed by atoms with van der Waals surface area (Å²) in [4.78, 5) is 22.3. The second-order valence-electron chi connectivity index (χ2n) is 4.97. The zero-order valence-electron chi connectivity index (χ0n) is 11.1. The van der Waals surface area contributed by atoms with Gasteiger partial charge in [-0.2, -0.15) is 0 Å². The first-order valence-corrected chi connectivity index (χ1v) is 6.66. The molecule has 1 aromatic heterocycles. The number of rotatable bonds is 4. The topological polar surface area (TPSA) is 72.1 Å². The highest BCUT2D eigenvalue weighted by molar-refractivity contribution is 5.98. The molecule has 20 heavy (non-hydrogen) atoms. The smallest absolute Gasteiger partial charge is 0.259 e. The molecule has 0 radical (unpaired) electrons. The molecule has 5 nitrogen and oxygen atoms in total. The first-order chi connectivity index (χ1) is 9.75. The fourth-order valence-corrected chi connectivity index (χ4v) is 2.19. The molecule has 0 unspecified atom stereocenters. The Morgan fingerprint density at radius 3 is 2.70 bits per heavy atom. The fourth-order valence-electron chi connectivity index (χ4n) is 2.19. The van der Waals surface area contributed by atoms with Gasteiger partial charge in [-0.05, 0) is 18.4 Å². The van der Waals surface area contributed by atoms with Gasteiger partial charge in [0.15, 0.2) is 0 Å². The lowest BCUT2D eigenvalue weighted by Gasteiger charge is -2.22. The number of hydrogen-bond donors (Lipinski definition) is 1. The quantitative estimate of drug-likeness (QED) is 0.918. The number of aromatic nitrogens is 2. The number of nitrogens with zero attached hydrogens (tertiary/aromatic N) is 3. The van der Waals surface area contributed by atoms with Crippen LogP contribution in [0.5, 0.6) is 0 Å². The van der Waals surface area contributed by atoms with E-state index < -0.39 is 0 Å². The van der Waals surface area contributed by atoms with Gasteiger partial charge < -0.3 is 10.6 Å². The predicted molar refractivity (Wildman–Crippen MR) is 75.8 cm³/mol. The minimum absolute atomic E-state index is 0.0885. The molecule has 1 amide bonds. The van der Waals surface area contributed by atoms with Crippen LogP contribution in [0.25, 0.3) is 0 Å². The summed E-state index contributed by atoms with van der Waals surface area (Å²) in [6.45, 7) is 0.596. The van der Waals surface area contributed by atoms with Crippen molar-refractivity contribution in [3.05, 3.63) is 54.0 Å². The van der Waals surface area contributed by atoms with E-state index in [1.54, 1.807) is 0 Å². The summed E-state index contributed by atoms with van der Waals surface area (Å²) in [5, 5.41) is 0. The number of carbonyl (C=O) groups excluding carboxylic acids is 1. The maximum absolute atomic E-state index is 12.6. The summed E-state index contributed by atoms with van der Waals surface area (Å²) in [5.74, 6) is 0.151. The van der Waals surface area contributed by atoms with Crippen LogP contribution in [-0.2, 0) is 6.54 Å². The Labute approximate surface area is 117 Å². The van der Waals surface area contributed by atoms with Crippen molar-refractivity contribution in [3.8, 4) is 0 Å². The third-order valence-corrected chi connectivity index (χ3v) is 3.42. The lowest BCUT2D eigenvalue weighted by molar-refractivity contribution is 0.0730. The molecule has 0 bridgehead atoms. The van der Waals surface area contributed by atoms with Crippen molar-refractivity contribution in [1.82, 2.24) is 14.9 Å². The average Bonchev–Trinajstić information content (AvgIpc) is 3.30. The van der Waals surface area contributed by atoms with Gasteiger partial charge in [0.1, 0.15) is 17.7 Å². The largest absolute Gasteiger partial charge is 0.383 e. The normalized spacial score (nSPS) is 14.0. The maximum Gasteiger partial charge on any atom is 0.259 e. The van der Waals surface area contributed by atoms with Crippen molar-refractivity contribution >= 4 is 11.7 Å². The van der Waals surface area contributed by atoms with Gasteiger partial charge in [-0.3, -0.25) is 4.79 Å². The molecule has 5 heteroatoms. The van der Waals surface area contributed by atoms with Crippen LogP contribution >= 0.6 is 0 Å². The van der Waals surface area contributed by atoms with Gasteiger partial charge in [-0.25, -0.2) is 9.97 Å². The Hall–Kier alpha value is -2.43. The van der Waals surface area contributed by atoms with Gasteiger partial charge in [0, 0.05) is 18.8 Å². The van der Waals surface area contributed by atoms with E-state index in [9.17, 15) is 4.79 Å². The van der Waals surface area contributed by atoms with Crippen molar-refractivity contribution in [3.63, 3.8) is 0 Å². The van der Waals surface area contributed by atoms with Gasteiger partial charge in [0.2, 0.25) is 0 Å². The molecular formula is C15H16N4O. The van der Waals surface area contributed by atoms with Crippen LogP contribution in [0, 0.1) is 0 Å². The van der Waals surface area contributed by atoms with Gasteiger partial charge in [-0.1, -0.05) is 30.3 Å². The molecule has 0 spiro atoms. The summed E-state index contributed by atoms with van der Waals surface area (Å²) in [6, 6.07) is 10.3. The number of carbonyl (C=O) groups is 1. The van der Waals surface area contributed by atoms with E-state index in [1.165, 1.54) is 12.5 Å². The summed E-state index contributed by atoms with van der Waals surface area (Å²) >= 11 is 0. The minimum atomic E-state index is -0.0885. The molecule has 1 fully saturated rings. The average molecular weight is 268 g/mol. The molecule has 102 valence electrons. The van der Waals surface area contributed by atoms with E-state index in [1.807, 2.05) is 35.2 Å². The SMILES string of the molecule is Nc1ncncc1C(=O)N(Cc1ccccc1)C1CC1. The standard InChI is InChI=1S/C15H16N4O/c16-14-13(8-17-10-18-14)15(20)19(12-6-7-12)9-11-4-2-1-3-5-11/h1-5,8,10,12H,6-7,9H2,(H2,16,17,18). The molecule has 1 saturated carbocycles. The Bertz CT molecular complexity index is 610. The Morgan fingerprint density at radius 2 is 2.05 bits per heavy atom. The highest BCUT2D eigenvalue weighted by Crippen LogP contribution is 2.30. The highest BCUT2D eigenvalue weighted by atomic mass is 16.2. The highest BCUT2D eigenvalue weighted by Gasteiger charge is 2.33. The summed E-state index contributed by atoms with van der Waals surface area (Å²) < 4.78 is 0. The number of hydrogen-bond acceptors (Lipinski definition) is 4. The molecular weight excluding hydrogens is 252 g/mol. The van der Waals surface area contributed by atoms with Gasteiger partial charge in [-0.15, -0.1) is 0 Å². The van der Waals surface area contributed by atoms with E-state index in [0.29, 0.717) is 18.2 Å². The van der Waals surface area contributed by atoms with E-state index in [2.05, 4.69) is 9.97 Å². The number of anilines is 1. The van der Waals surface area contributed by atoms with Gasteiger partial charge in [0.05, 0.1) is 0 Å².